The average Bonchev–Trinajstić information content (AvgIpc) is 2.50. The molecule has 0 aromatic heterocycles. The lowest BCUT2D eigenvalue weighted by atomic mass is 9.90. The molecule has 21 heavy (non-hydrogen) atoms. The Balaban J connectivity index is 2.02. The van der Waals surface area contributed by atoms with Crippen LogP contribution in [0.15, 0.2) is 30.3 Å². The molecule has 1 fully saturated rings. The molecule has 2 rings (SSSR count). The monoisotopic (exact) mass is 288 g/mol. The van der Waals surface area contributed by atoms with Crippen molar-refractivity contribution in [1.82, 2.24) is 10.2 Å². The second-order valence-corrected chi connectivity index (χ2v) is 7.18. The van der Waals surface area contributed by atoms with Crippen molar-refractivity contribution in [3.8, 4) is 0 Å². The second kappa shape index (κ2) is 7.42. The normalized spacial score (nSPS) is 27.2. The van der Waals surface area contributed by atoms with Crippen molar-refractivity contribution >= 4 is 0 Å². The predicted molar refractivity (Wildman–Crippen MR) is 91.5 cm³/mol. The summed E-state index contributed by atoms with van der Waals surface area (Å²) in [4.78, 5) is 2.73. The Morgan fingerprint density at radius 2 is 2.00 bits per heavy atom. The molecule has 1 aliphatic heterocycles. The molecule has 0 bridgehead atoms. The van der Waals surface area contributed by atoms with Crippen molar-refractivity contribution in [2.24, 2.45) is 5.92 Å². The lowest BCUT2D eigenvalue weighted by Gasteiger charge is -2.48. The van der Waals surface area contributed by atoms with Gasteiger partial charge in [-0.05, 0) is 44.2 Å². The summed E-state index contributed by atoms with van der Waals surface area (Å²) < 4.78 is 0. The molecule has 118 valence electrons. The van der Waals surface area contributed by atoms with Crippen LogP contribution in [0, 0.1) is 5.92 Å². The van der Waals surface area contributed by atoms with E-state index in [0.29, 0.717) is 11.6 Å². The summed E-state index contributed by atoms with van der Waals surface area (Å²) in [5, 5.41) is 3.76. The van der Waals surface area contributed by atoms with E-state index in [4.69, 9.17) is 0 Å². The highest BCUT2D eigenvalue weighted by atomic mass is 15.3. The first-order valence-corrected chi connectivity index (χ1v) is 8.58. The number of benzene rings is 1. The van der Waals surface area contributed by atoms with E-state index in [0.717, 1.165) is 19.0 Å². The van der Waals surface area contributed by atoms with Crippen LogP contribution in [-0.2, 0) is 0 Å². The molecular formula is C19H32N2. The largest absolute Gasteiger partial charge is 0.307 e. The van der Waals surface area contributed by atoms with E-state index < -0.39 is 0 Å². The minimum atomic E-state index is 0.308. The smallest absolute Gasteiger partial charge is 0.0450 e. The first kappa shape index (κ1) is 16.5. The summed E-state index contributed by atoms with van der Waals surface area (Å²) in [5.74, 6) is 0.811. The first-order chi connectivity index (χ1) is 10.0. The Kier molecular flexibility index (Phi) is 5.83. The van der Waals surface area contributed by atoms with E-state index in [1.165, 1.54) is 31.4 Å². The van der Waals surface area contributed by atoms with Gasteiger partial charge in [0.1, 0.15) is 0 Å². The van der Waals surface area contributed by atoms with Crippen molar-refractivity contribution in [3.05, 3.63) is 35.9 Å². The predicted octanol–water partition coefficient (Wildman–Crippen LogP) is 4.24. The van der Waals surface area contributed by atoms with Crippen LogP contribution < -0.4 is 5.32 Å². The molecule has 2 unspecified atom stereocenters. The molecule has 1 heterocycles. The van der Waals surface area contributed by atoms with Crippen molar-refractivity contribution in [3.63, 3.8) is 0 Å². The Labute approximate surface area is 130 Å². The fourth-order valence-corrected chi connectivity index (χ4v) is 3.27. The third-order valence-electron chi connectivity index (χ3n) is 5.07. The van der Waals surface area contributed by atoms with Gasteiger partial charge in [0.2, 0.25) is 0 Å². The lowest BCUT2D eigenvalue weighted by molar-refractivity contribution is 0.0464. The molecule has 2 heteroatoms. The molecule has 1 saturated heterocycles. The van der Waals surface area contributed by atoms with E-state index in [9.17, 15) is 0 Å². The molecule has 1 N–H and O–H groups in total. The molecule has 0 amide bonds. The molecule has 0 aliphatic carbocycles. The molecule has 1 aromatic rings. The molecule has 0 radical (unpaired) electrons. The fraction of sp³-hybridized carbons (Fsp3) is 0.684. The first-order valence-electron chi connectivity index (χ1n) is 8.58. The minimum absolute atomic E-state index is 0.308. The van der Waals surface area contributed by atoms with E-state index >= 15 is 0 Å². The maximum atomic E-state index is 3.76. The highest BCUT2D eigenvalue weighted by Gasteiger charge is 2.36. The minimum Gasteiger partial charge on any atom is -0.307 e. The fourth-order valence-electron chi connectivity index (χ4n) is 3.27. The number of hydrogen-bond donors (Lipinski definition) is 1. The highest BCUT2D eigenvalue weighted by molar-refractivity contribution is 5.20. The zero-order valence-corrected chi connectivity index (χ0v) is 14.2. The summed E-state index contributed by atoms with van der Waals surface area (Å²) in [6.45, 7) is 12.8. The van der Waals surface area contributed by atoms with Gasteiger partial charge in [0.05, 0.1) is 0 Å². The third-order valence-corrected chi connectivity index (χ3v) is 5.07. The van der Waals surface area contributed by atoms with Gasteiger partial charge in [-0.1, -0.05) is 51.1 Å². The zero-order chi connectivity index (χ0) is 15.3. The molecule has 2 atom stereocenters. The van der Waals surface area contributed by atoms with Crippen LogP contribution in [0.3, 0.4) is 0 Å². The van der Waals surface area contributed by atoms with Gasteiger partial charge in [-0.3, -0.25) is 4.90 Å². The second-order valence-electron chi connectivity index (χ2n) is 7.18. The van der Waals surface area contributed by atoms with Crippen molar-refractivity contribution < 1.29 is 0 Å². The van der Waals surface area contributed by atoms with Crippen LogP contribution in [-0.4, -0.2) is 30.1 Å². The van der Waals surface area contributed by atoms with Crippen LogP contribution in [0.4, 0.5) is 0 Å². The summed E-state index contributed by atoms with van der Waals surface area (Å²) in [5.41, 5.74) is 1.73. The zero-order valence-electron chi connectivity index (χ0n) is 14.2. The molecular weight excluding hydrogens is 256 g/mol. The SMILES string of the molecule is CCC1(C)CNC(c2ccccc2)CN1CCCC(C)C. The van der Waals surface area contributed by atoms with Crippen LogP contribution >= 0.6 is 0 Å². The van der Waals surface area contributed by atoms with E-state index in [-0.39, 0.29) is 0 Å². The van der Waals surface area contributed by atoms with Crippen LogP contribution in [0.1, 0.15) is 58.6 Å². The topological polar surface area (TPSA) is 15.3 Å². The van der Waals surface area contributed by atoms with Gasteiger partial charge in [-0.2, -0.15) is 0 Å². The maximum absolute atomic E-state index is 3.76. The summed E-state index contributed by atoms with van der Waals surface area (Å²) in [6.07, 6.45) is 3.86. The van der Waals surface area contributed by atoms with Crippen LogP contribution in [0.5, 0.6) is 0 Å². The number of nitrogens with one attached hydrogen (secondary N) is 1. The highest BCUT2D eigenvalue weighted by Crippen LogP contribution is 2.28. The number of nitrogens with zero attached hydrogens (tertiary/aromatic N) is 1. The summed E-state index contributed by atoms with van der Waals surface area (Å²) in [7, 11) is 0. The van der Waals surface area contributed by atoms with Gasteiger partial charge in [0.25, 0.3) is 0 Å². The third kappa shape index (κ3) is 4.31. The number of piperazine rings is 1. The van der Waals surface area contributed by atoms with Gasteiger partial charge >= 0.3 is 0 Å². The molecule has 0 spiro atoms. The molecule has 1 aromatic carbocycles. The van der Waals surface area contributed by atoms with Crippen molar-refractivity contribution in [1.29, 1.82) is 0 Å². The molecule has 2 nitrogen and oxygen atoms in total. The van der Waals surface area contributed by atoms with Gasteiger partial charge in [0.15, 0.2) is 0 Å². The summed E-state index contributed by atoms with van der Waals surface area (Å²) in [6, 6.07) is 11.4. The average molecular weight is 288 g/mol. The summed E-state index contributed by atoms with van der Waals surface area (Å²) >= 11 is 0. The van der Waals surface area contributed by atoms with Gasteiger partial charge < -0.3 is 5.32 Å². The molecule has 0 saturated carbocycles. The van der Waals surface area contributed by atoms with E-state index in [1.807, 2.05) is 0 Å². The Morgan fingerprint density at radius 3 is 2.62 bits per heavy atom. The van der Waals surface area contributed by atoms with E-state index in [2.05, 4.69) is 68.2 Å². The van der Waals surface area contributed by atoms with Crippen LogP contribution in [0.2, 0.25) is 0 Å². The Bertz CT molecular complexity index is 415. The van der Waals surface area contributed by atoms with Crippen molar-refractivity contribution in [2.75, 3.05) is 19.6 Å². The van der Waals surface area contributed by atoms with Gasteiger partial charge in [0, 0.05) is 24.7 Å². The standard InChI is InChI=1S/C19H32N2/c1-5-19(4)15-20-18(17-11-7-6-8-12-17)14-21(19)13-9-10-16(2)3/h6-8,11-12,16,18,20H,5,9-10,13-15H2,1-4H3. The van der Waals surface area contributed by atoms with Gasteiger partial charge in [-0.25, -0.2) is 0 Å². The van der Waals surface area contributed by atoms with E-state index in [1.54, 1.807) is 0 Å². The van der Waals surface area contributed by atoms with Crippen LogP contribution in [0.25, 0.3) is 0 Å². The number of rotatable bonds is 6. The number of hydrogen-bond acceptors (Lipinski definition) is 2. The lowest BCUT2D eigenvalue weighted by Crippen LogP contribution is -2.60. The van der Waals surface area contributed by atoms with Crippen molar-refractivity contribution in [2.45, 2.75) is 58.5 Å². The Morgan fingerprint density at radius 1 is 1.29 bits per heavy atom. The quantitative estimate of drug-likeness (QED) is 0.842. The Hall–Kier alpha value is -0.860. The van der Waals surface area contributed by atoms with Gasteiger partial charge in [-0.15, -0.1) is 0 Å². The molecule has 1 aliphatic rings. The maximum Gasteiger partial charge on any atom is 0.0450 e.